The summed E-state index contributed by atoms with van der Waals surface area (Å²) in [5, 5.41) is 12.7. The molecule has 1 saturated carbocycles. The maximum atomic E-state index is 13.5. The summed E-state index contributed by atoms with van der Waals surface area (Å²) in [7, 11) is 0. The average Bonchev–Trinajstić information content (AvgIpc) is 3.60. The van der Waals surface area contributed by atoms with Crippen LogP contribution in [0.15, 0.2) is 36.4 Å². The molecule has 2 aliphatic carbocycles. The molecule has 1 unspecified atom stereocenters. The smallest absolute Gasteiger partial charge is 0.248 e. The lowest BCUT2D eigenvalue weighted by atomic mass is 9.68. The van der Waals surface area contributed by atoms with Crippen LogP contribution in [-0.2, 0) is 27.8 Å². The Morgan fingerprint density at radius 3 is 2.05 bits per heavy atom. The normalized spacial score (nSPS) is 22.9. The molecule has 0 radical (unpaired) electrons. The first-order valence-electron chi connectivity index (χ1n) is 13.2. The standard InChI is InChI=1S/C29H32N6O4/c1-15(34-14-25(36)35-21(13-30)10-20-11-24(20)35)12-29(28(33)39)22-6-4-18(26(31)37)8-16(22)2-3-17-9-19(27(32)38)5-7-23(17)29/h4-9,15,20-21,24,34H,2-3,10-12,14H2,1H3,(H2,31,37)(H2,32,38)(H2,33,39)/t15-,20-,21?,24+/m1/s1. The number of nitriles is 1. The molecule has 7 N–H and O–H groups in total. The largest absolute Gasteiger partial charge is 0.369 e. The number of hydrogen-bond donors (Lipinski definition) is 4. The van der Waals surface area contributed by atoms with E-state index in [2.05, 4.69) is 11.4 Å². The topological polar surface area (TPSA) is 185 Å². The second kappa shape index (κ2) is 9.82. The molecule has 3 aliphatic rings. The zero-order valence-electron chi connectivity index (χ0n) is 21.8. The fourth-order valence-corrected chi connectivity index (χ4v) is 6.56. The molecule has 0 spiro atoms. The third-order valence-corrected chi connectivity index (χ3v) is 8.54. The predicted octanol–water partition coefficient (Wildman–Crippen LogP) is 0.636. The van der Waals surface area contributed by atoms with Crippen LogP contribution in [0.4, 0.5) is 0 Å². The molecule has 10 heteroatoms. The second-order valence-corrected chi connectivity index (χ2v) is 11.0. The van der Waals surface area contributed by atoms with Crippen LogP contribution in [0.25, 0.3) is 0 Å². The van der Waals surface area contributed by atoms with Gasteiger partial charge >= 0.3 is 0 Å². The van der Waals surface area contributed by atoms with Gasteiger partial charge in [-0.2, -0.15) is 5.26 Å². The van der Waals surface area contributed by atoms with Crippen molar-refractivity contribution in [3.8, 4) is 6.07 Å². The lowest BCUT2D eigenvalue weighted by Gasteiger charge is -2.36. The minimum Gasteiger partial charge on any atom is -0.369 e. The van der Waals surface area contributed by atoms with Gasteiger partial charge in [0.25, 0.3) is 0 Å². The van der Waals surface area contributed by atoms with Crippen molar-refractivity contribution in [2.45, 2.75) is 62.6 Å². The maximum Gasteiger partial charge on any atom is 0.248 e. The zero-order chi connectivity index (χ0) is 28.1. The SMILES string of the molecule is C[C@H](CC1(C(N)=O)c2ccc(C(N)=O)cc2CCc2cc(C(N)=O)ccc21)NCC(=O)N1C(C#N)C[C@@H]2C[C@@H]21. The summed E-state index contributed by atoms with van der Waals surface area (Å²) in [5.41, 5.74) is 19.5. The number of aryl methyl sites for hydroxylation is 2. The number of carbonyl (C=O) groups is 4. The molecule has 2 aromatic carbocycles. The van der Waals surface area contributed by atoms with Gasteiger partial charge in [0.2, 0.25) is 23.6 Å². The molecule has 0 aromatic heterocycles. The summed E-state index contributed by atoms with van der Waals surface area (Å²) in [5.74, 6) is -1.46. The quantitative estimate of drug-likeness (QED) is 0.389. The Hall–Kier alpha value is -4.23. The Balaban J connectivity index is 1.50. The van der Waals surface area contributed by atoms with Crippen molar-refractivity contribution in [3.63, 3.8) is 0 Å². The van der Waals surface area contributed by atoms with Crippen molar-refractivity contribution < 1.29 is 19.2 Å². The molecule has 4 atom stereocenters. The number of rotatable bonds is 8. The van der Waals surface area contributed by atoms with Crippen LogP contribution in [0.5, 0.6) is 0 Å². The van der Waals surface area contributed by atoms with Crippen molar-refractivity contribution in [2.24, 2.45) is 23.1 Å². The predicted molar refractivity (Wildman–Crippen MR) is 142 cm³/mol. The van der Waals surface area contributed by atoms with E-state index in [1.807, 2.05) is 6.92 Å². The van der Waals surface area contributed by atoms with E-state index in [0.717, 1.165) is 24.0 Å². The molecule has 202 valence electrons. The molecule has 1 heterocycles. The van der Waals surface area contributed by atoms with Crippen LogP contribution >= 0.6 is 0 Å². The Kier molecular flexibility index (Phi) is 6.64. The number of likely N-dealkylation sites (tertiary alicyclic amines) is 1. The van der Waals surface area contributed by atoms with Gasteiger partial charge in [-0.05, 0) is 91.5 Å². The number of nitrogens with two attached hydrogens (primary N) is 3. The van der Waals surface area contributed by atoms with Crippen molar-refractivity contribution in [2.75, 3.05) is 6.54 Å². The molecule has 2 aromatic rings. The fraction of sp³-hybridized carbons (Fsp3) is 0.414. The van der Waals surface area contributed by atoms with Crippen molar-refractivity contribution in [3.05, 3.63) is 69.8 Å². The second-order valence-electron chi connectivity index (χ2n) is 11.0. The molecule has 10 nitrogen and oxygen atoms in total. The molecular formula is C29H32N6O4. The van der Waals surface area contributed by atoms with Gasteiger partial charge in [0.05, 0.1) is 12.6 Å². The van der Waals surface area contributed by atoms with Crippen LogP contribution in [-0.4, -0.2) is 53.2 Å². The van der Waals surface area contributed by atoms with Gasteiger partial charge < -0.3 is 27.4 Å². The molecular weight excluding hydrogens is 496 g/mol. The number of primary amides is 3. The van der Waals surface area contributed by atoms with E-state index in [0.29, 0.717) is 41.0 Å². The first-order chi connectivity index (χ1) is 18.6. The van der Waals surface area contributed by atoms with Crippen molar-refractivity contribution >= 4 is 23.6 Å². The molecule has 1 aliphatic heterocycles. The van der Waals surface area contributed by atoms with E-state index in [-0.39, 0.29) is 31.0 Å². The van der Waals surface area contributed by atoms with Crippen LogP contribution < -0.4 is 22.5 Å². The molecule has 1 saturated heterocycles. The Morgan fingerprint density at radius 2 is 1.56 bits per heavy atom. The van der Waals surface area contributed by atoms with Gasteiger partial charge in [0, 0.05) is 23.2 Å². The molecule has 0 bridgehead atoms. The molecule has 2 fully saturated rings. The van der Waals surface area contributed by atoms with E-state index >= 15 is 0 Å². The molecule has 5 rings (SSSR count). The summed E-state index contributed by atoms with van der Waals surface area (Å²) < 4.78 is 0. The number of piperidine rings is 1. The highest BCUT2D eigenvalue weighted by Gasteiger charge is 2.54. The van der Waals surface area contributed by atoms with Gasteiger partial charge in [0.15, 0.2) is 0 Å². The summed E-state index contributed by atoms with van der Waals surface area (Å²) in [6, 6.07) is 11.7. The van der Waals surface area contributed by atoms with Crippen LogP contribution in [0.3, 0.4) is 0 Å². The van der Waals surface area contributed by atoms with E-state index in [4.69, 9.17) is 17.2 Å². The van der Waals surface area contributed by atoms with Gasteiger partial charge in [-0.25, -0.2) is 0 Å². The van der Waals surface area contributed by atoms with Gasteiger partial charge in [-0.15, -0.1) is 0 Å². The number of fused-ring (bicyclic) bond motifs is 3. The Bertz CT molecular complexity index is 1360. The third-order valence-electron chi connectivity index (χ3n) is 8.54. The number of amides is 4. The van der Waals surface area contributed by atoms with Gasteiger partial charge in [-0.1, -0.05) is 12.1 Å². The highest BCUT2D eigenvalue weighted by molar-refractivity contribution is 5.96. The highest BCUT2D eigenvalue weighted by Crippen LogP contribution is 2.47. The first kappa shape index (κ1) is 26.4. The van der Waals surface area contributed by atoms with Gasteiger partial charge in [-0.3, -0.25) is 19.2 Å². The third kappa shape index (κ3) is 4.53. The highest BCUT2D eigenvalue weighted by atomic mass is 16.2. The first-order valence-corrected chi connectivity index (χ1v) is 13.2. The van der Waals surface area contributed by atoms with Crippen LogP contribution in [0.1, 0.15) is 69.2 Å². The molecule has 4 amide bonds. The fourth-order valence-electron chi connectivity index (χ4n) is 6.56. The van der Waals surface area contributed by atoms with E-state index < -0.39 is 29.2 Å². The van der Waals surface area contributed by atoms with Crippen LogP contribution in [0, 0.1) is 17.2 Å². The number of carbonyl (C=O) groups excluding carboxylic acids is 4. The monoisotopic (exact) mass is 528 g/mol. The molecule has 39 heavy (non-hydrogen) atoms. The van der Waals surface area contributed by atoms with Crippen molar-refractivity contribution in [1.82, 2.24) is 10.2 Å². The number of nitrogens with one attached hydrogen (secondary N) is 1. The minimum absolute atomic E-state index is 0.0261. The summed E-state index contributed by atoms with van der Waals surface area (Å²) in [4.78, 5) is 52.1. The maximum absolute atomic E-state index is 13.5. The lowest BCUT2D eigenvalue weighted by Crippen LogP contribution is -2.49. The van der Waals surface area contributed by atoms with Crippen molar-refractivity contribution in [1.29, 1.82) is 5.26 Å². The lowest BCUT2D eigenvalue weighted by molar-refractivity contribution is -0.131. The van der Waals surface area contributed by atoms with E-state index in [9.17, 15) is 24.4 Å². The summed E-state index contributed by atoms with van der Waals surface area (Å²) in [6.07, 6.45) is 2.87. The number of nitrogens with zero attached hydrogens (tertiary/aromatic N) is 2. The zero-order valence-corrected chi connectivity index (χ0v) is 21.8. The summed E-state index contributed by atoms with van der Waals surface area (Å²) >= 11 is 0. The van der Waals surface area contributed by atoms with E-state index in [1.165, 1.54) is 0 Å². The van der Waals surface area contributed by atoms with E-state index in [1.54, 1.807) is 41.3 Å². The Labute approximate surface area is 226 Å². The number of benzene rings is 2. The minimum atomic E-state index is -1.31. The number of hydrogen-bond acceptors (Lipinski definition) is 6. The average molecular weight is 529 g/mol. The van der Waals surface area contributed by atoms with Crippen LogP contribution in [0.2, 0.25) is 0 Å². The van der Waals surface area contributed by atoms with Gasteiger partial charge in [0.1, 0.15) is 11.5 Å². The summed E-state index contributed by atoms with van der Waals surface area (Å²) in [6.45, 7) is 1.90. The Morgan fingerprint density at radius 1 is 1.00 bits per heavy atom.